The van der Waals surface area contributed by atoms with Crippen molar-refractivity contribution in [1.29, 1.82) is 0 Å². The van der Waals surface area contributed by atoms with Gasteiger partial charge < -0.3 is 56.3 Å². The standard InChI is InChI=1S/C10H14N2O5.2C9H13N5O4/c1-5-3-12(10(16)11-9(5)15)8-2-6(14)7(4-13)17-8;2*10-9-12-7-6(8(17)13-9)11-3-14(7)4-18-5(1-15)2-16/h3,6-8,13-14H,2,4H2,1H3,(H,11,15,16);2*3,5,15-16H,1-2,4H2,(H3,10,12,13,17)/t6-,7+,8+;;/m0../s1. The second-order valence-electron chi connectivity index (χ2n) is 11.3. The number of hydrogen-bond donors (Lipinski definition) is 11. The summed E-state index contributed by atoms with van der Waals surface area (Å²) in [5, 5.41) is 53.9. The first-order valence-corrected chi connectivity index (χ1v) is 15.7. The number of fused-ring (bicyclic) bond motifs is 2. The Morgan fingerprint density at radius 2 is 1.28 bits per heavy atom. The second-order valence-corrected chi connectivity index (χ2v) is 11.3. The molecule has 0 aromatic carbocycles. The number of aromatic nitrogens is 10. The van der Waals surface area contributed by atoms with Crippen LogP contribution in [0.3, 0.4) is 0 Å². The molecule has 5 aromatic rings. The molecule has 0 unspecified atom stereocenters. The zero-order valence-electron chi connectivity index (χ0n) is 28.1. The van der Waals surface area contributed by atoms with Gasteiger partial charge >= 0.3 is 5.69 Å². The van der Waals surface area contributed by atoms with E-state index in [9.17, 15) is 24.3 Å². The molecule has 1 saturated heterocycles. The van der Waals surface area contributed by atoms with Crippen molar-refractivity contribution in [2.24, 2.45) is 0 Å². The Bertz CT molecular complexity index is 2080. The summed E-state index contributed by atoms with van der Waals surface area (Å²) in [6, 6.07) is 0. The van der Waals surface area contributed by atoms with E-state index in [2.05, 4.69) is 34.9 Å². The van der Waals surface area contributed by atoms with Gasteiger partial charge in [-0.15, -0.1) is 0 Å². The van der Waals surface area contributed by atoms with Gasteiger partial charge in [0, 0.05) is 18.2 Å². The molecule has 0 amide bonds. The third-order valence-electron chi connectivity index (χ3n) is 7.54. The van der Waals surface area contributed by atoms with Gasteiger partial charge in [0.05, 0.1) is 51.8 Å². The van der Waals surface area contributed by atoms with Crippen molar-refractivity contribution < 1.29 is 44.8 Å². The van der Waals surface area contributed by atoms with Crippen LogP contribution in [0.4, 0.5) is 11.9 Å². The van der Waals surface area contributed by atoms with E-state index in [-0.39, 0.29) is 87.1 Å². The quantitative estimate of drug-likeness (QED) is 0.0566. The van der Waals surface area contributed by atoms with Crippen molar-refractivity contribution in [3.8, 4) is 0 Å². The number of anilines is 2. The largest absolute Gasteiger partial charge is 0.394 e. The molecule has 1 aliphatic rings. The van der Waals surface area contributed by atoms with Crippen LogP contribution in [0.1, 0.15) is 18.2 Å². The van der Waals surface area contributed by atoms with E-state index in [0.717, 1.165) is 0 Å². The maximum Gasteiger partial charge on any atom is 0.330 e. The summed E-state index contributed by atoms with van der Waals surface area (Å²) in [5.74, 6) is -0.0368. The molecule has 0 spiro atoms. The van der Waals surface area contributed by atoms with Crippen LogP contribution in [-0.2, 0) is 27.7 Å². The number of rotatable bonds is 12. The van der Waals surface area contributed by atoms with Crippen LogP contribution in [-0.4, -0.2) is 137 Å². The molecule has 1 fully saturated rings. The van der Waals surface area contributed by atoms with E-state index in [1.54, 1.807) is 6.92 Å². The van der Waals surface area contributed by atoms with Gasteiger partial charge in [-0.1, -0.05) is 0 Å². The highest BCUT2D eigenvalue weighted by atomic mass is 16.5. The molecule has 25 heteroatoms. The fourth-order valence-electron chi connectivity index (χ4n) is 4.68. The molecule has 290 valence electrons. The topological polar surface area (TPSA) is 383 Å². The molecule has 0 saturated carbocycles. The number of imidazole rings is 2. The Hall–Kier alpha value is -5.38. The Labute approximate surface area is 295 Å². The highest BCUT2D eigenvalue weighted by Gasteiger charge is 2.35. The lowest BCUT2D eigenvalue weighted by molar-refractivity contribution is -0.0488. The zero-order chi connectivity index (χ0) is 38.8. The summed E-state index contributed by atoms with van der Waals surface area (Å²) in [6.45, 7) is 0.0336. The predicted molar refractivity (Wildman–Crippen MR) is 181 cm³/mol. The number of nitrogens with one attached hydrogen (secondary N) is 3. The number of ether oxygens (including phenoxy) is 3. The van der Waals surface area contributed by atoms with E-state index >= 15 is 0 Å². The Balaban J connectivity index is 0.000000178. The molecule has 5 aromatic heterocycles. The summed E-state index contributed by atoms with van der Waals surface area (Å²) >= 11 is 0. The Morgan fingerprint density at radius 1 is 0.811 bits per heavy atom. The first-order valence-electron chi connectivity index (χ1n) is 15.7. The number of aliphatic hydroxyl groups is 6. The van der Waals surface area contributed by atoms with Crippen LogP contribution in [0.15, 0.2) is 38.0 Å². The average molecular weight is 753 g/mol. The van der Waals surface area contributed by atoms with Crippen molar-refractivity contribution >= 4 is 34.2 Å². The number of aryl methyl sites for hydroxylation is 1. The fourth-order valence-corrected chi connectivity index (χ4v) is 4.68. The number of nitrogen functional groups attached to an aromatic ring is 2. The van der Waals surface area contributed by atoms with E-state index in [1.807, 2.05) is 0 Å². The SMILES string of the molecule is Cc1cn([C@H]2C[C@H](O)[C@@H](CO)O2)c(=O)[nH]c1=O.Nc1nc2c(ncn2COC(CO)CO)c(=O)[nH]1.Nc1nc2c(ncn2COC(CO)CO)c(=O)[nH]1. The molecule has 0 radical (unpaired) electrons. The van der Waals surface area contributed by atoms with E-state index in [1.165, 1.54) is 32.6 Å². The smallest absolute Gasteiger partial charge is 0.330 e. The highest BCUT2D eigenvalue weighted by Crippen LogP contribution is 2.27. The summed E-state index contributed by atoms with van der Waals surface area (Å²) in [4.78, 5) is 68.2. The maximum absolute atomic E-state index is 11.6. The van der Waals surface area contributed by atoms with E-state index < -0.39 is 53.0 Å². The van der Waals surface area contributed by atoms with Crippen molar-refractivity contribution in [1.82, 2.24) is 48.6 Å². The summed E-state index contributed by atoms with van der Waals surface area (Å²) in [5.41, 5.74) is 10.2. The molecule has 3 atom stereocenters. The Morgan fingerprint density at radius 3 is 1.70 bits per heavy atom. The van der Waals surface area contributed by atoms with Gasteiger partial charge in [0.1, 0.15) is 38.0 Å². The van der Waals surface area contributed by atoms with Crippen LogP contribution >= 0.6 is 0 Å². The van der Waals surface area contributed by atoms with Gasteiger partial charge in [-0.3, -0.25) is 43.0 Å². The number of nitrogens with two attached hydrogens (primary N) is 2. The summed E-state index contributed by atoms with van der Waals surface area (Å²) < 4.78 is 19.9. The van der Waals surface area contributed by atoms with Crippen molar-refractivity contribution in [3.63, 3.8) is 0 Å². The van der Waals surface area contributed by atoms with Gasteiger partial charge in [0.15, 0.2) is 22.3 Å². The number of H-pyrrole nitrogens is 3. The van der Waals surface area contributed by atoms with E-state index in [0.29, 0.717) is 5.56 Å². The minimum atomic E-state index is -0.816. The van der Waals surface area contributed by atoms with Crippen molar-refractivity contribution in [2.45, 2.75) is 57.4 Å². The van der Waals surface area contributed by atoms with Gasteiger partial charge in [-0.2, -0.15) is 9.97 Å². The number of aromatic amines is 3. The molecule has 53 heavy (non-hydrogen) atoms. The number of nitrogens with zero attached hydrogens (tertiary/aromatic N) is 7. The molecule has 25 nitrogen and oxygen atoms in total. The van der Waals surface area contributed by atoms with Gasteiger partial charge in [-0.25, -0.2) is 14.8 Å². The Kier molecular flexibility index (Phi) is 14.0. The third-order valence-corrected chi connectivity index (χ3v) is 7.54. The molecule has 0 bridgehead atoms. The lowest BCUT2D eigenvalue weighted by Gasteiger charge is -2.14. The van der Waals surface area contributed by atoms with Gasteiger partial charge in [-0.05, 0) is 6.92 Å². The molecule has 1 aliphatic heterocycles. The van der Waals surface area contributed by atoms with Crippen LogP contribution in [0.25, 0.3) is 22.3 Å². The normalized spacial score (nSPS) is 17.0. The average Bonchev–Trinajstić information content (AvgIpc) is 3.84. The van der Waals surface area contributed by atoms with Gasteiger partial charge in [0.2, 0.25) is 11.9 Å². The zero-order valence-corrected chi connectivity index (χ0v) is 28.1. The van der Waals surface area contributed by atoms with Crippen molar-refractivity contribution in [3.05, 3.63) is 66.0 Å². The third kappa shape index (κ3) is 9.94. The van der Waals surface area contributed by atoms with Gasteiger partial charge in [0.25, 0.3) is 16.7 Å². The lowest BCUT2D eigenvalue weighted by Crippen LogP contribution is -2.33. The summed E-state index contributed by atoms with van der Waals surface area (Å²) in [6.07, 6.45) is 0.780. The van der Waals surface area contributed by atoms with E-state index in [4.69, 9.17) is 51.2 Å². The minimum Gasteiger partial charge on any atom is -0.394 e. The second kappa shape index (κ2) is 18.4. The molecular weight excluding hydrogens is 712 g/mol. The minimum absolute atomic E-state index is 0.00181. The van der Waals surface area contributed by atoms with Crippen LogP contribution in [0.2, 0.25) is 0 Å². The first-order chi connectivity index (χ1) is 25.3. The molecular formula is C28H40N12O13. The molecule has 0 aliphatic carbocycles. The monoisotopic (exact) mass is 752 g/mol. The maximum atomic E-state index is 11.6. The first kappa shape index (κ1) is 40.4. The van der Waals surface area contributed by atoms with Crippen LogP contribution in [0.5, 0.6) is 0 Å². The number of hydrogen-bond acceptors (Lipinski definition) is 19. The highest BCUT2D eigenvalue weighted by molar-refractivity contribution is 5.71. The molecule has 13 N–H and O–H groups in total. The van der Waals surface area contributed by atoms with Crippen LogP contribution in [0, 0.1) is 6.92 Å². The predicted octanol–water partition coefficient (Wildman–Crippen LogP) is -5.46. The fraction of sp³-hybridized carbons (Fsp3) is 0.500. The molecule has 6 heterocycles. The van der Waals surface area contributed by atoms with Crippen molar-refractivity contribution in [2.75, 3.05) is 44.5 Å². The van der Waals surface area contributed by atoms with Crippen LogP contribution < -0.4 is 33.8 Å². The summed E-state index contributed by atoms with van der Waals surface area (Å²) in [7, 11) is 0. The lowest BCUT2D eigenvalue weighted by atomic mass is 10.2. The number of aliphatic hydroxyl groups excluding tert-OH is 6. The molecule has 6 rings (SSSR count).